The van der Waals surface area contributed by atoms with Crippen molar-refractivity contribution in [2.75, 3.05) is 0 Å². The van der Waals surface area contributed by atoms with Crippen LogP contribution in [0.15, 0.2) is 11.6 Å². The van der Waals surface area contributed by atoms with E-state index < -0.39 is 5.60 Å². The van der Waals surface area contributed by atoms with Gasteiger partial charge in [0.15, 0.2) is 5.60 Å². The lowest BCUT2D eigenvalue weighted by molar-refractivity contribution is -0.167. The topological polar surface area (TPSA) is 52.6 Å². The van der Waals surface area contributed by atoms with Crippen LogP contribution in [0.4, 0.5) is 0 Å². The van der Waals surface area contributed by atoms with Gasteiger partial charge < -0.3 is 9.47 Å². The molecule has 0 bridgehead atoms. The summed E-state index contributed by atoms with van der Waals surface area (Å²) in [4.78, 5) is 23.1. The van der Waals surface area contributed by atoms with Gasteiger partial charge in [0.05, 0.1) is 0 Å². The van der Waals surface area contributed by atoms with Gasteiger partial charge in [-0.05, 0) is 81.1 Å². The molecule has 0 N–H and O–H groups in total. The third kappa shape index (κ3) is 2.90. The van der Waals surface area contributed by atoms with E-state index in [1.807, 2.05) is 0 Å². The predicted octanol–water partition coefficient (Wildman–Crippen LogP) is 4.43. The van der Waals surface area contributed by atoms with Gasteiger partial charge in [-0.1, -0.05) is 18.4 Å². The Balaban J connectivity index is 1.57. The first kappa shape index (κ1) is 19.6. The Hall–Kier alpha value is -1.76. The molecule has 28 heavy (non-hydrogen) atoms. The maximum atomic E-state index is 11.8. The molecule has 152 valence electrons. The zero-order valence-corrected chi connectivity index (χ0v) is 17.3. The second-order valence-electron chi connectivity index (χ2n) is 9.61. The summed E-state index contributed by atoms with van der Waals surface area (Å²) >= 11 is 0. The molecule has 0 aromatic heterocycles. The summed E-state index contributed by atoms with van der Waals surface area (Å²) in [6, 6.07) is 0. The van der Waals surface area contributed by atoms with Crippen LogP contribution in [0.5, 0.6) is 0 Å². The first-order valence-corrected chi connectivity index (χ1v) is 10.8. The smallest absolute Gasteiger partial charge is 0.304 e. The van der Waals surface area contributed by atoms with E-state index in [0.29, 0.717) is 23.7 Å². The summed E-state index contributed by atoms with van der Waals surface area (Å²) in [5.41, 5.74) is 0.644. The van der Waals surface area contributed by atoms with Crippen molar-refractivity contribution in [2.45, 2.75) is 83.8 Å². The van der Waals surface area contributed by atoms with Crippen molar-refractivity contribution in [2.24, 2.45) is 29.1 Å². The van der Waals surface area contributed by atoms with Crippen LogP contribution in [-0.4, -0.2) is 23.6 Å². The van der Waals surface area contributed by atoms with Crippen molar-refractivity contribution in [3.05, 3.63) is 11.6 Å². The molecule has 3 saturated carbocycles. The fraction of sp³-hybridized carbons (Fsp3) is 0.750. The van der Waals surface area contributed by atoms with Crippen molar-refractivity contribution in [3.8, 4) is 12.3 Å². The molecule has 4 aliphatic carbocycles. The molecule has 4 nitrogen and oxygen atoms in total. The average molecular weight is 385 g/mol. The average Bonchev–Trinajstić information content (AvgIpc) is 2.93. The van der Waals surface area contributed by atoms with Crippen molar-refractivity contribution in [1.29, 1.82) is 0 Å². The van der Waals surface area contributed by atoms with Gasteiger partial charge in [0.2, 0.25) is 0 Å². The summed E-state index contributed by atoms with van der Waals surface area (Å²) in [6.07, 6.45) is 16.5. The van der Waals surface area contributed by atoms with Crippen LogP contribution in [-0.2, 0) is 19.1 Å². The highest BCUT2D eigenvalue weighted by Gasteiger charge is 2.64. The Kier molecular flexibility index (Phi) is 4.84. The number of carbonyl (C=O) groups excluding carboxylic acids is 2. The van der Waals surface area contributed by atoms with E-state index in [4.69, 9.17) is 15.9 Å². The molecule has 0 saturated heterocycles. The molecule has 0 spiro atoms. The van der Waals surface area contributed by atoms with Gasteiger partial charge in [-0.15, -0.1) is 6.42 Å². The van der Waals surface area contributed by atoms with E-state index in [2.05, 4.69) is 18.9 Å². The number of terminal acetylenes is 1. The summed E-state index contributed by atoms with van der Waals surface area (Å²) in [6.45, 7) is 5.23. The third-order valence-corrected chi connectivity index (χ3v) is 8.40. The molecular weight excluding hydrogens is 352 g/mol. The number of carbonyl (C=O) groups is 2. The fourth-order valence-corrected chi connectivity index (χ4v) is 7.28. The number of fused-ring (bicyclic) bond motifs is 5. The SMILES string of the molecule is C#C[C@]1(OC(C)=O)CC[C@H]2[C@@H]3CCC4=CC(OC(C)=O)CC[C@@H]4[C@H]3CC[C@@]21C. The molecule has 0 amide bonds. The Morgan fingerprint density at radius 1 is 1.07 bits per heavy atom. The molecular formula is C24H32O4. The summed E-state index contributed by atoms with van der Waals surface area (Å²) < 4.78 is 11.3. The molecule has 4 rings (SSSR count). The molecule has 3 fully saturated rings. The maximum absolute atomic E-state index is 11.8. The zero-order valence-electron chi connectivity index (χ0n) is 17.3. The number of esters is 2. The number of ether oxygens (including phenoxy) is 2. The normalized spacial score (nSPS) is 44.2. The number of hydrogen-bond donors (Lipinski definition) is 0. The second-order valence-corrected chi connectivity index (χ2v) is 9.61. The minimum absolute atomic E-state index is 0.0429. The molecule has 4 heteroatoms. The van der Waals surface area contributed by atoms with Crippen molar-refractivity contribution in [1.82, 2.24) is 0 Å². The molecule has 0 aliphatic heterocycles. The van der Waals surface area contributed by atoms with Crippen LogP contribution in [0, 0.1) is 41.4 Å². The molecule has 0 radical (unpaired) electrons. The Morgan fingerprint density at radius 3 is 2.54 bits per heavy atom. The van der Waals surface area contributed by atoms with Crippen LogP contribution in [0.3, 0.4) is 0 Å². The fourth-order valence-electron chi connectivity index (χ4n) is 7.28. The van der Waals surface area contributed by atoms with Crippen LogP contribution >= 0.6 is 0 Å². The first-order valence-electron chi connectivity index (χ1n) is 10.8. The lowest BCUT2D eigenvalue weighted by Crippen LogP contribution is -2.53. The minimum atomic E-state index is -0.739. The molecule has 4 aliphatic rings. The van der Waals surface area contributed by atoms with Crippen LogP contribution in [0.2, 0.25) is 0 Å². The standard InChI is InChI=1S/C24H32O4/c1-5-24(28-16(3)26)13-11-22-21-8-6-17-14-18(27-15(2)25)7-9-19(17)20(21)10-12-23(22,24)4/h1,14,18-22H,6-13H2,2-4H3/t18?,19-,20+,21+,22-,23-,24-/m0/s1. The van der Waals surface area contributed by atoms with Gasteiger partial charge in [-0.2, -0.15) is 0 Å². The van der Waals surface area contributed by atoms with Gasteiger partial charge in [0, 0.05) is 19.3 Å². The van der Waals surface area contributed by atoms with Crippen LogP contribution in [0.1, 0.15) is 72.1 Å². The van der Waals surface area contributed by atoms with Crippen LogP contribution in [0.25, 0.3) is 0 Å². The zero-order chi connectivity index (χ0) is 20.1. The van der Waals surface area contributed by atoms with Gasteiger partial charge in [0.25, 0.3) is 0 Å². The summed E-state index contributed by atoms with van der Waals surface area (Å²) in [5, 5.41) is 0. The molecule has 0 aromatic rings. The van der Waals surface area contributed by atoms with Gasteiger partial charge in [-0.3, -0.25) is 9.59 Å². The highest BCUT2D eigenvalue weighted by atomic mass is 16.6. The Morgan fingerprint density at radius 2 is 1.86 bits per heavy atom. The quantitative estimate of drug-likeness (QED) is 0.402. The Labute approximate surface area is 168 Å². The number of allylic oxidation sites excluding steroid dienone is 1. The van der Waals surface area contributed by atoms with E-state index >= 15 is 0 Å². The van der Waals surface area contributed by atoms with E-state index in [1.165, 1.54) is 25.8 Å². The molecule has 7 atom stereocenters. The molecule has 1 unspecified atom stereocenters. The van der Waals surface area contributed by atoms with Crippen molar-refractivity contribution >= 4 is 11.9 Å². The highest BCUT2D eigenvalue weighted by Crippen LogP contribution is 2.65. The summed E-state index contributed by atoms with van der Waals surface area (Å²) in [7, 11) is 0. The summed E-state index contributed by atoms with van der Waals surface area (Å²) in [5.74, 6) is 4.94. The van der Waals surface area contributed by atoms with Gasteiger partial charge >= 0.3 is 11.9 Å². The maximum Gasteiger partial charge on any atom is 0.304 e. The number of hydrogen-bond acceptors (Lipinski definition) is 4. The van der Waals surface area contributed by atoms with Crippen molar-refractivity contribution < 1.29 is 19.1 Å². The molecule has 0 heterocycles. The monoisotopic (exact) mass is 384 g/mol. The van der Waals surface area contributed by atoms with Crippen molar-refractivity contribution in [3.63, 3.8) is 0 Å². The number of rotatable bonds is 2. The largest absolute Gasteiger partial charge is 0.458 e. The lowest BCUT2D eigenvalue weighted by Gasteiger charge is -2.55. The minimum Gasteiger partial charge on any atom is -0.458 e. The van der Waals surface area contributed by atoms with Gasteiger partial charge in [0.1, 0.15) is 6.10 Å². The predicted molar refractivity (Wildman–Crippen MR) is 106 cm³/mol. The lowest BCUT2D eigenvalue weighted by atomic mass is 9.50. The van der Waals surface area contributed by atoms with Gasteiger partial charge in [-0.25, -0.2) is 0 Å². The second kappa shape index (κ2) is 6.94. The van der Waals surface area contributed by atoms with E-state index in [-0.39, 0.29) is 23.5 Å². The molecule has 0 aromatic carbocycles. The van der Waals surface area contributed by atoms with E-state index in [0.717, 1.165) is 44.9 Å². The Bertz CT molecular complexity index is 746. The third-order valence-electron chi connectivity index (χ3n) is 8.40. The first-order chi connectivity index (χ1) is 13.3. The van der Waals surface area contributed by atoms with E-state index in [1.54, 1.807) is 0 Å². The van der Waals surface area contributed by atoms with Crippen LogP contribution < -0.4 is 0 Å². The van der Waals surface area contributed by atoms with E-state index in [9.17, 15) is 9.59 Å². The highest BCUT2D eigenvalue weighted by molar-refractivity contribution is 5.67.